The van der Waals surface area contributed by atoms with Crippen LogP contribution in [0, 0.1) is 11.8 Å². The van der Waals surface area contributed by atoms with Gasteiger partial charge in [-0.2, -0.15) is 0 Å². The molecule has 2 atom stereocenters. The molecule has 2 amide bonds. The molecule has 2 unspecified atom stereocenters. The lowest BCUT2D eigenvalue weighted by Crippen LogP contribution is -2.30. The number of fused-ring (bicyclic) bond motifs is 1. The first-order valence-electron chi connectivity index (χ1n) is 5.76. The molecule has 0 bridgehead atoms. The number of carbonyl (C=O) groups is 2. The molecule has 0 aromatic carbocycles. The Bertz CT molecular complexity index is 452. The Balaban J connectivity index is 1.82. The molecular weight excluding hydrogens is 218 g/mol. The number of rotatable bonds is 2. The molecule has 2 heterocycles. The minimum absolute atomic E-state index is 0.0549. The summed E-state index contributed by atoms with van der Waals surface area (Å²) in [5.41, 5.74) is 0. The van der Waals surface area contributed by atoms with Crippen molar-refractivity contribution in [2.45, 2.75) is 19.4 Å². The summed E-state index contributed by atoms with van der Waals surface area (Å²) in [6.07, 6.45) is 8.66. The summed E-state index contributed by atoms with van der Waals surface area (Å²) < 4.78 is 0. The normalized spacial score (nSPS) is 27.6. The fourth-order valence-electron chi connectivity index (χ4n) is 2.56. The fraction of sp³-hybridized carbons (Fsp3) is 0.417. The maximum Gasteiger partial charge on any atom is 0.233 e. The minimum atomic E-state index is -0.150. The van der Waals surface area contributed by atoms with Crippen molar-refractivity contribution in [1.82, 2.24) is 14.9 Å². The van der Waals surface area contributed by atoms with Crippen molar-refractivity contribution in [2.24, 2.45) is 11.8 Å². The fourth-order valence-corrected chi connectivity index (χ4v) is 2.56. The van der Waals surface area contributed by atoms with E-state index in [1.165, 1.54) is 4.90 Å². The van der Waals surface area contributed by atoms with E-state index in [9.17, 15) is 9.59 Å². The second-order valence-corrected chi connectivity index (χ2v) is 4.45. The Morgan fingerprint density at radius 3 is 2.41 bits per heavy atom. The van der Waals surface area contributed by atoms with Crippen molar-refractivity contribution >= 4 is 11.8 Å². The molecule has 3 rings (SSSR count). The Hall–Kier alpha value is -1.91. The molecule has 88 valence electrons. The molecule has 5 heteroatoms. The van der Waals surface area contributed by atoms with Crippen LogP contribution in [-0.4, -0.2) is 26.7 Å². The number of imidazole rings is 1. The molecule has 0 saturated carbocycles. The van der Waals surface area contributed by atoms with E-state index in [4.69, 9.17) is 0 Å². The highest BCUT2D eigenvalue weighted by molar-refractivity contribution is 6.05. The summed E-state index contributed by atoms with van der Waals surface area (Å²) in [4.78, 5) is 32.5. The van der Waals surface area contributed by atoms with Crippen LogP contribution >= 0.6 is 0 Å². The van der Waals surface area contributed by atoms with E-state index >= 15 is 0 Å². The van der Waals surface area contributed by atoms with Crippen LogP contribution in [-0.2, 0) is 16.1 Å². The number of nitrogens with zero attached hydrogens (tertiary/aromatic N) is 2. The first kappa shape index (κ1) is 10.3. The Kier molecular flexibility index (Phi) is 2.31. The number of amides is 2. The standard InChI is InChI=1S/C12H13N3O2/c16-11-8-3-1-2-4-9(8)12(17)15(11)7-10-13-5-6-14-10/h1-2,5-6,8-9H,3-4,7H2,(H,13,14). The van der Waals surface area contributed by atoms with Gasteiger partial charge in [0.25, 0.3) is 0 Å². The third-order valence-electron chi connectivity index (χ3n) is 3.46. The number of nitrogens with one attached hydrogen (secondary N) is 1. The van der Waals surface area contributed by atoms with E-state index in [-0.39, 0.29) is 30.2 Å². The second kappa shape index (κ2) is 3.84. The van der Waals surface area contributed by atoms with Gasteiger partial charge in [0.05, 0.1) is 18.4 Å². The number of hydrogen-bond donors (Lipinski definition) is 1. The summed E-state index contributed by atoms with van der Waals surface area (Å²) >= 11 is 0. The Labute approximate surface area is 98.5 Å². The highest BCUT2D eigenvalue weighted by Crippen LogP contribution is 2.35. The maximum atomic E-state index is 12.1. The first-order chi connectivity index (χ1) is 8.27. The van der Waals surface area contributed by atoms with Gasteiger partial charge >= 0.3 is 0 Å². The van der Waals surface area contributed by atoms with Gasteiger partial charge in [-0.3, -0.25) is 14.5 Å². The summed E-state index contributed by atoms with van der Waals surface area (Å²) in [5, 5.41) is 0. The molecular formula is C12H13N3O2. The highest BCUT2D eigenvalue weighted by atomic mass is 16.2. The maximum absolute atomic E-state index is 12.1. The minimum Gasteiger partial charge on any atom is -0.347 e. The molecule has 0 spiro atoms. The molecule has 1 aliphatic carbocycles. The SMILES string of the molecule is O=C1C2CC=CCC2C(=O)N1Cc1ncc[nH]1. The van der Waals surface area contributed by atoms with Crippen molar-refractivity contribution in [3.63, 3.8) is 0 Å². The smallest absolute Gasteiger partial charge is 0.233 e. The summed E-state index contributed by atoms with van der Waals surface area (Å²) in [6, 6.07) is 0. The predicted molar refractivity (Wildman–Crippen MR) is 59.5 cm³/mol. The molecule has 17 heavy (non-hydrogen) atoms. The van der Waals surface area contributed by atoms with Gasteiger partial charge < -0.3 is 4.98 Å². The second-order valence-electron chi connectivity index (χ2n) is 4.45. The van der Waals surface area contributed by atoms with Gasteiger partial charge in [-0.15, -0.1) is 0 Å². The first-order valence-corrected chi connectivity index (χ1v) is 5.76. The van der Waals surface area contributed by atoms with Crippen LogP contribution in [0.1, 0.15) is 18.7 Å². The van der Waals surface area contributed by atoms with Crippen LogP contribution < -0.4 is 0 Å². The van der Waals surface area contributed by atoms with Crippen LogP contribution in [0.15, 0.2) is 24.5 Å². The number of aromatic amines is 1. The van der Waals surface area contributed by atoms with Gasteiger partial charge in [-0.1, -0.05) is 12.2 Å². The quantitative estimate of drug-likeness (QED) is 0.606. The van der Waals surface area contributed by atoms with Crippen molar-refractivity contribution in [2.75, 3.05) is 0 Å². The molecule has 5 nitrogen and oxygen atoms in total. The van der Waals surface area contributed by atoms with Gasteiger partial charge in [-0.25, -0.2) is 4.98 Å². The Morgan fingerprint density at radius 1 is 1.24 bits per heavy atom. The van der Waals surface area contributed by atoms with Crippen LogP contribution in [0.4, 0.5) is 0 Å². The average Bonchev–Trinajstić information content (AvgIpc) is 2.94. The number of hydrogen-bond acceptors (Lipinski definition) is 3. The average molecular weight is 231 g/mol. The van der Waals surface area contributed by atoms with Crippen molar-refractivity contribution < 1.29 is 9.59 Å². The monoisotopic (exact) mass is 231 g/mol. The van der Waals surface area contributed by atoms with Gasteiger partial charge in [0.15, 0.2) is 0 Å². The van der Waals surface area contributed by atoms with Crippen molar-refractivity contribution in [1.29, 1.82) is 0 Å². The van der Waals surface area contributed by atoms with Crippen LogP contribution in [0.25, 0.3) is 0 Å². The summed E-state index contributed by atoms with van der Waals surface area (Å²) in [7, 11) is 0. The van der Waals surface area contributed by atoms with Gasteiger partial charge in [0.1, 0.15) is 5.82 Å². The topological polar surface area (TPSA) is 66.1 Å². The van der Waals surface area contributed by atoms with Crippen molar-refractivity contribution in [3.05, 3.63) is 30.4 Å². The Morgan fingerprint density at radius 2 is 1.88 bits per heavy atom. The molecule has 1 aromatic heterocycles. The van der Waals surface area contributed by atoms with Gasteiger partial charge in [0, 0.05) is 12.4 Å². The van der Waals surface area contributed by atoms with E-state index in [0.717, 1.165) is 0 Å². The lowest BCUT2D eigenvalue weighted by molar-refractivity contribution is -0.140. The largest absolute Gasteiger partial charge is 0.347 e. The zero-order valence-electron chi connectivity index (χ0n) is 9.30. The zero-order valence-corrected chi connectivity index (χ0v) is 9.30. The molecule has 2 aliphatic rings. The van der Waals surface area contributed by atoms with E-state index < -0.39 is 0 Å². The molecule has 1 N–H and O–H groups in total. The zero-order chi connectivity index (χ0) is 11.8. The lowest BCUT2D eigenvalue weighted by atomic mass is 9.85. The number of allylic oxidation sites excluding steroid dienone is 2. The lowest BCUT2D eigenvalue weighted by Gasteiger charge is -2.14. The molecule has 1 fully saturated rings. The van der Waals surface area contributed by atoms with Crippen LogP contribution in [0.3, 0.4) is 0 Å². The summed E-state index contributed by atoms with van der Waals surface area (Å²) in [5.74, 6) is 0.240. The number of imide groups is 1. The number of aromatic nitrogens is 2. The van der Waals surface area contributed by atoms with Gasteiger partial charge in [0.2, 0.25) is 11.8 Å². The van der Waals surface area contributed by atoms with Crippen molar-refractivity contribution in [3.8, 4) is 0 Å². The number of likely N-dealkylation sites (tertiary alicyclic amines) is 1. The molecule has 1 aromatic rings. The van der Waals surface area contributed by atoms with Gasteiger partial charge in [-0.05, 0) is 12.8 Å². The highest BCUT2D eigenvalue weighted by Gasteiger charge is 2.47. The molecule has 1 saturated heterocycles. The number of carbonyl (C=O) groups excluding carboxylic acids is 2. The van der Waals surface area contributed by atoms with E-state index in [1.54, 1.807) is 12.4 Å². The summed E-state index contributed by atoms with van der Waals surface area (Å²) in [6.45, 7) is 0.262. The predicted octanol–water partition coefficient (Wildman–Crippen LogP) is 0.861. The van der Waals surface area contributed by atoms with Crippen LogP contribution in [0.5, 0.6) is 0 Å². The molecule has 1 aliphatic heterocycles. The number of H-pyrrole nitrogens is 1. The third-order valence-corrected chi connectivity index (χ3v) is 3.46. The van der Waals surface area contributed by atoms with E-state index in [1.807, 2.05) is 12.2 Å². The van der Waals surface area contributed by atoms with E-state index in [2.05, 4.69) is 9.97 Å². The molecule has 0 radical (unpaired) electrons. The third kappa shape index (κ3) is 1.58. The van der Waals surface area contributed by atoms with E-state index in [0.29, 0.717) is 18.7 Å². The van der Waals surface area contributed by atoms with Crippen LogP contribution in [0.2, 0.25) is 0 Å².